The molecule has 0 aromatic rings. The van der Waals surface area contributed by atoms with Gasteiger partial charge in [0.05, 0.1) is 0 Å². The van der Waals surface area contributed by atoms with Gasteiger partial charge in [-0.15, -0.1) is 0 Å². The van der Waals surface area contributed by atoms with E-state index in [9.17, 15) is 0 Å². The number of hydrogen-bond donors (Lipinski definition) is 2. The molecule has 52 valence electrons. The molecular formula is C7H14N2. The van der Waals surface area contributed by atoms with Gasteiger partial charge in [-0.1, -0.05) is 6.08 Å². The fourth-order valence-corrected chi connectivity index (χ4v) is 0.614. The van der Waals surface area contributed by atoms with Crippen molar-refractivity contribution in [1.82, 2.24) is 0 Å². The molecule has 0 aromatic heterocycles. The summed E-state index contributed by atoms with van der Waals surface area (Å²) in [5, 5.41) is 0. The predicted molar refractivity (Wildman–Crippen MR) is 40.8 cm³/mol. The summed E-state index contributed by atoms with van der Waals surface area (Å²) in [5.74, 6) is 0. The van der Waals surface area contributed by atoms with Crippen molar-refractivity contribution in [3.63, 3.8) is 0 Å². The van der Waals surface area contributed by atoms with E-state index in [1.807, 2.05) is 19.1 Å². The van der Waals surface area contributed by atoms with Crippen molar-refractivity contribution >= 4 is 0 Å². The fraction of sp³-hybridized carbons (Fsp3) is 0.429. The quantitative estimate of drug-likeness (QED) is 0.548. The van der Waals surface area contributed by atoms with Gasteiger partial charge in [0.1, 0.15) is 0 Å². The van der Waals surface area contributed by atoms with E-state index in [4.69, 9.17) is 11.5 Å². The second-order valence-electron chi connectivity index (χ2n) is 1.76. The van der Waals surface area contributed by atoms with Gasteiger partial charge in [0.25, 0.3) is 0 Å². The van der Waals surface area contributed by atoms with Crippen LogP contribution in [-0.2, 0) is 0 Å². The molecule has 0 amide bonds. The van der Waals surface area contributed by atoms with Crippen LogP contribution < -0.4 is 11.5 Å². The van der Waals surface area contributed by atoms with Crippen LogP contribution in [-0.4, -0.2) is 6.54 Å². The van der Waals surface area contributed by atoms with Crippen LogP contribution in [0.25, 0.3) is 0 Å². The zero-order valence-corrected chi connectivity index (χ0v) is 5.80. The molecule has 0 bridgehead atoms. The van der Waals surface area contributed by atoms with Crippen LogP contribution in [0.1, 0.15) is 13.3 Å². The summed E-state index contributed by atoms with van der Waals surface area (Å²) in [7, 11) is 0. The van der Waals surface area contributed by atoms with Gasteiger partial charge in [-0.3, -0.25) is 0 Å². The number of allylic oxidation sites excluding steroid dienone is 2. The lowest BCUT2D eigenvalue weighted by Crippen LogP contribution is -1.99. The third-order valence-electron chi connectivity index (χ3n) is 1.11. The highest BCUT2D eigenvalue weighted by atomic mass is 14.5. The lowest BCUT2D eigenvalue weighted by molar-refractivity contribution is 0.970. The van der Waals surface area contributed by atoms with E-state index in [0.717, 1.165) is 6.42 Å². The van der Waals surface area contributed by atoms with Crippen LogP contribution in [0.3, 0.4) is 0 Å². The second-order valence-corrected chi connectivity index (χ2v) is 1.76. The molecule has 0 aliphatic carbocycles. The Balaban J connectivity index is 3.70. The molecule has 0 aromatic carbocycles. The largest absolute Gasteiger partial charge is 0.405 e. The van der Waals surface area contributed by atoms with Gasteiger partial charge in [0.2, 0.25) is 0 Å². The Labute approximate surface area is 56.2 Å². The normalized spacial score (nSPS) is 12.9. The predicted octanol–water partition coefficient (Wildman–Crippen LogP) is 0.754. The minimum absolute atomic E-state index is 0.685. The third kappa shape index (κ3) is 3.79. The third-order valence-corrected chi connectivity index (χ3v) is 1.11. The molecule has 0 fully saturated rings. The Hall–Kier alpha value is -0.760. The zero-order chi connectivity index (χ0) is 7.11. The summed E-state index contributed by atoms with van der Waals surface area (Å²) in [4.78, 5) is 0. The van der Waals surface area contributed by atoms with Gasteiger partial charge in [-0.05, 0) is 37.7 Å². The maximum Gasteiger partial charge on any atom is -0.00368 e. The van der Waals surface area contributed by atoms with Crippen LogP contribution in [0, 0.1) is 0 Å². The molecule has 0 atom stereocenters. The second kappa shape index (κ2) is 5.38. The topological polar surface area (TPSA) is 52.0 Å². The lowest BCUT2D eigenvalue weighted by Gasteiger charge is -1.94. The Kier molecular flexibility index (Phi) is 4.92. The number of hydrogen-bond acceptors (Lipinski definition) is 2. The van der Waals surface area contributed by atoms with Crippen LogP contribution in [0.5, 0.6) is 0 Å². The first-order valence-corrected chi connectivity index (χ1v) is 3.08. The van der Waals surface area contributed by atoms with Gasteiger partial charge < -0.3 is 11.5 Å². The van der Waals surface area contributed by atoms with E-state index in [2.05, 4.69) is 0 Å². The first-order valence-electron chi connectivity index (χ1n) is 3.08. The van der Waals surface area contributed by atoms with Crippen LogP contribution in [0.4, 0.5) is 0 Å². The van der Waals surface area contributed by atoms with E-state index in [0.29, 0.717) is 6.54 Å². The van der Waals surface area contributed by atoms with E-state index < -0.39 is 0 Å². The first kappa shape index (κ1) is 8.24. The smallest absolute Gasteiger partial charge is 0.00368 e. The van der Waals surface area contributed by atoms with Gasteiger partial charge in [-0.2, -0.15) is 0 Å². The molecule has 0 unspecified atom stereocenters. The average Bonchev–Trinajstić information content (AvgIpc) is 1.88. The average molecular weight is 126 g/mol. The molecule has 0 saturated carbocycles. The van der Waals surface area contributed by atoms with E-state index >= 15 is 0 Å². The standard InChI is InChI=1S/C7H14N2/c1-2-7(3-5-8)4-6-9/h2-3,5H,4,6,8-9H2,1H3/b5-3-,7-2+. The fourth-order valence-electron chi connectivity index (χ4n) is 0.614. The van der Waals surface area contributed by atoms with Crippen molar-refractivity contribution in [3.8, 4) is 0 Å². The monoisotopic (exact) mass is 126 g/mol. The molecule has 0 heterocycles. The molecular weight excluding hydrogens is 112 g/mol. The van der Waals surface area contributed by atoms with Crippen molar-refractivity contribution in [2.24, 2.45) is 11.5 Å². The molecule has 0 saturated heterocycles. The molecule has 4 N–H and O–H groups in total. The van der Waals surface area contributed by atoms with Crippen molar-refractivity contribution < 1.29 is 0 Å². The summed E-state index contributed by atoms with van der Waals surface area (Å²) in [6.45, 7) is 2.66. The molecule has 0 aliphatic rings. The van der Waals surface area contributed by atoms with Crippen molar-refractivity contribution in [2.75, 3.05) is 6.54 Å². The highest BCUT2D eigenvalue weighted by molar-refractivity contribution is 5.16. The van der Waals surface area contributed by atoms with E-state index in [-0.39, 0.29) is 0 Å². The SMILES string of the molecule is C/C=C(\C=C/N)CCN. The van der Waals surface area contributed by atoms with Crippen LogP contribution in [0.15, 0.2) is 23.9 Å². The van der Waals surface area contributed by atoms with Gasteiger partial charge in [0, 0.05) is 0 Å². The summed E-state index contributed by atoms with van der Waals surface area (Å²) < 4.78 is 0. The molecule has 0 rings (SSSR count). The highest BCUT2D eigenvalue weighted by Gasteiger charge is 1.85. The number of rotatable bonds is 3. The lowest BCUT2D eigenvalue weighted by atomic mass is 10.2. The maximum atomic E-state index is 5.32. The molecule has 2 heteroatoms. The van der Waals surface area contributed by atoms with Crippen molar-refractivity contribution in [3.05, 3.63) is 23.9 Å². The Morgan fingerprint density at radius 1 is 1.56 bits per heavy atom. The molecule has 0 radical (unpaired) electrons. The summed E-state index contributed by atoms with van der Waals surface area (Å²) >= 11 is 0. The molecule has 2 nitrogen and oxygen atoms in total. The summed E-state index contributed by atoms with van der Waals surface area (Å²) in [6, 6.07) is 0. The Morgan fingerprint density at radius 3 is 2.56 bits per heavy atom. The Morgan fingerprint density at radius 2 is 2.22 bits per heavy atom. The van der Waals surface area contributed by atoms with Crippen molar-refractivity contribution in [1.29, 1.82) is 0 Å². The molecule has 9 heavy (non-hydrogen) atoms. The molecule has 0 aliphatic heterocycles. The number of nitrogens with two attached hydrogens (primary N) is 2. The zero-order valence-electron chi connectivity index (χ0n) is 5.80. The Bertz CT molecular complexity index is 114. The molecule has 0 spiro atoms. The van der Waals surface area contributed by atoms with Crippen molar-refractivity contribution in [2.45, 2.75) is 13.3 Å². The maximum absolute atomic E-state index is 5.32. The summed E-state index contributed by atoms with van der Waals surface area (Å²) in [6.07, 6.45) is 6.32. The first-order chi connectivity index (χ1) is 4.35. The van der Waals surface area contributed by atoms with Gasteiger partial charge >= 0.3 is 0 Å². The van der Waals surface area contributed by atoms with E-state index in [1.165, 1.54) is 11.8 Å². The minimum atomic E-state index is 0.685. The van der Waals surface area contributed by atoms with Crippen LogP contribution >= 0.6 is 0 Å². The van der Waals surface area contributed by atoms with Crippen LogP contribution in [0.2, 0.25) is 0 Å². The van der Waals surface area contributed by atoms with E-state index in [1.54, 1.807) is 0 Å². The van der Waals surface area contributed by atoms with Gasteiger partial charge in [-0.25, -0.2) is 0 Å². The minimum Gasteiger partial charge on any atom is -0.405 e. The highest BCUT2D eigenvalue weighted by Crippen LogP contribution is 1.99. The summed E-state index contributed by atoms with van der Waals surface area (Å²) in [5.41, 5.74) is 11.7. The van der Waals surface area contributed by atoms with Gasteiger partial charge in [0.15, 0.2) is 0 Å².